The van der Waals surface area contributed by atoms with Gasteiger partial charge < -0.3 is 19.4 Å². The van der Waals surface area contributed by atoms with Crippen molar-refractivity contribution in [3.8, 4) is 0 Å². The Labute approximate surface area is 170 Å². The molecule has 7 heteroatoms. The van der Waals surface area contributed by atoms with E-state index in [1.165, 1.54) is 11.1 Å². The number of amides is 2. The summed E-state index contributed by atoms with van der Waals surface area (Å²) < 4.78 is 5.07. The molecule has 2 aliphatic heterocycles. The van der Waals surface area contributed by atoms with Gasteiger partial charge in [-0.2, -0.15) is 0 Å². The Kier molecular flexibility index (Phi) is 5.64. The second kappa shape index (κ2) is 8.51. The van der Waals surface area contributed by atoms with Crippen molar-refractivity contribution < 1.29 is 14.3 Å². The molecule has 0 saturated carbocycles. The minimum Gasteiger partial charge on any atom is -0.450 e. The van der Waals surface area contributed by atoms with Crippen LogP contribution >= 0.6 is 0 Å². The van der Waals surface area contributed by atoms with Crippen molar-refractivity contribution >= 4 is 17.7 Å². The van der Waals surface area contributed by atoms with Gasteiger partial charge in [0, 0.05) is 51.2 Å². The summed E-state index contributed by atoms with van der Waals surface area (Å²) in [5, 5.41) is 0. The summed E-state index contributed by atoms with van der Waals surface area (Å²) in [4.78, 5) is 35.0. The van der Waals surface area contributed by atoms with E-state index in [4.69, 9.17) is 4.74 Å². The number of hydrogen-bond acceptors (Lipinski definition) is 5. The molecule has 3 heterocycles. The van der Waals surface area contributed by atoms with E-state index in [-0.39, 0.29) is 12.0 Å². The molecule has 4 rings (SSSR count). The minimum absolute atomic E-state index is 0.0356. The molecule has 0 atom stereocenters. The predicted octanol–water partition coefficient (Wildman–Crippen LogP) is 2.56. The van der Waals surface area contributed by atoms with Gasteiger partial charge in [-0.05, 0) is 36.6 Å². The lowest BCUT2D eigenvalue weighted by Crippen LogP contribution is -2.49. The molecular formula is C22H26N4O3. The Morgan fingerprint density at radius 3 is 2.52 bits per heavy atom. The molecule has 7 nitrogen and oxygen atoms in total. The van der Waals surface area contributed by atoms with Crippen molar-refractivity contribution in [1.29, 1.82) is 0 Å². The van der Waals surface area contributed by atoms with Gasteiger partial charge in [0.25, 0.3) is 5.91 Å². The lowest BCUT2D eigenvalue weighted by atomic mass is 10.00. The number of nitrogens with zero attached hydrogens (tertiary/aromatic N) is 4. The summed E-state index contributed by atoms with van der Waals surface area (Å²) in [6.45, 7) is 6.14. The summed E-state index contributed by atoms with van der Waals surface area (Å²) in [5.74, 6) is -0.0356. The molecule has 1 aromatic heterocycles. The van der Waals surface area contributed by atoms with E-state index in [9.17, 15) is 9.59 Å². The number of pyridine rings is 1. The van der Waals surface area contributed by atoms with Crippen LogP contribution in [0.15, 0.2) is 42.6 Å². The van der Waals surface area contributed by atoms with Crippen LogP contribution in [0.3, 0.4) is 0 Å². The number of piperazine rings is 1. The van der Waals surface area contributed by atoms with Gasteiger partial charge >= 0.3 is 6.09 Å². The van der Waals surface area contributed by atoms with Crippen molar-refractivity contribution in [2.24, 2.45) is 0 Å². The molecule has 1 aromatic carbocycles. The highest BCUT2D eigenvalue weighted by molar-refractivity contribution is 5.93. The first-order valence-corrected chi connectivity index (χ1v) is 10.1. The largest absolute Gasteiger partial charge is 0.450 e. The molecule has 2 amide bonds. The zero-order valence-electron chi connectivity index (χ0n) is 16.7. The van der Waals surface area contributed by atoms with Crippen LogP contribution in [0.2, 0.25) is 0 Å². The fraction of sp³-hybridized carbons (Fsp3) is 0.409. The van der Waals surface area contributed by atoms with Crippen LogP contribution in [-0.4, -0.2) is 66.1 Å². The number of carbonyl (C=O) groups is 2. The molecule has 152 valence electrons. The maximum Gasteiger partial charge on any atom is 0.409 e. The Hall–Kier alpha value is -3.09. The fourth-order valence-electron chi connectivity index (χ4n) is 3.93. The number of fused-ring (bicyclic) bond motifs is 1. The third-order valence-electron chi connectivity index (χ3n) is 5.55. The van der Waals surface area contributed by atoms with Gasteiger partial charge in [-0.1, -0.05) is 24.3 Å². The summed E-state index contributed by atoms with van der Waals surface area (Å²) in [5.41, 5.74) is 3.95. The number of hydrogen-bond donors (Lipinski definition) is 0. The van der Waals surface area contributed by atoms with E-state index >= 15 is 0 Å². The van der Waals surface area contributed by atoms with Crippen molar-refractivity contribution in [2.45, 2.75) is 19.9 Å². The van der Waals surface area contributed by atoms with Crippen LogP contribution in [0.4, 0.5) is 10.5 Å². The van der Waals surface area contributed by atoms with Crippen LogP contribution in [-0.2, 0) is 17.7 Å². The molecule has 2 aliphatic rings. The van der Waals surface area contributed by atoms with E-state index in [2.05, 4.69) is 22.0 Å². The van der Waals surface area contributed by atoms with Crippen LogP contribution in [0.25, 0.3) is 0 Å². The van der Waals surface area contributed by atoms with E-state index in [0.717, 1.165) is 12.1 Å². The van der Waals surface area contributed by atoms with E-state index < -0.39 is 0 Å². The van der Waals surface area contributed by atoms with Crippen molar-refractivity contribution in [1.82, 2.24) is 14.8 Å². The SMILES string of the molecule is CCOC(=O)N1CCN(c2ccnc(C(=O)N3CCc4ccccc4C3)c2)CC1. The summed E-state index contributed by atoms with van der Waals surface area (Å²) in [6.07, 6.45) is 2.30. The van der Waals surface area contributed by atoms with Gasteiger partial charge in [0.1, 0.15) is 5.69 Å². The number of ether oxygens (including phenoxy) is 1. The maximum absolute atomic E-state index is 13.0. The predicted molar refractivity (Wildman–Crippen MR) is 110 cm³/mol. The topological polar surface area (TPSA) is 66.0 Å². The molecule has 0 aliphatic carbocycles. The van der Waals surface area contributed by atoms with E-state index in [1.54, 1.807) is 11.1 Å². The van der Waals surface area contributed by atoms with Crippen LogP contribution in [0, 0.1) is 0 Å². The Morgan fingerprint density at radius 2 is 1.76 bits per heavy atom. The van der Waals surface area contributed by atoms with E-state index in [0.29, 0.717) is 51.6 Å². The lowest BCUT2D eigenvalue weighted by molar-refractivity contribution is 0.0728. The standard InChI is InChI=1S/C22H26N4O3/c1-2-29-22(28)25-13-11-24(12-14-25)19-7-9-23-20(15-19)21(27)26-10-8-17-5-3-4-6-18(17)16-26/h3-7,9,15H,2,8,10-14,16H2,1H3. The fourth-order valence-corrected chi connectivity index (χ4v) is 3.93. The summed E-state index contributed by atoms with van der Waals surface area (Å²) in [6, 6.07) is 12.1. The van der Waals surface area contributed by atoms with Crippen LogP contribution in [0.1, 0.15) is 28.5 Å². The molecule has 0 unspecified atom stereocenters. The van der Waals surface area contributed by atoms with Crippen molar-refractivity contribution in [2.75, 3.05) is 44.2 Å². The second-order valence-corrected chi connectivity index (χ2v) is 7.32. The van der Waals surface area contributed by atoms with Crippen LogP contribution < -0.4 is 4.90 Å². The quantitative estimate of drug-likeness (QED) is 0.801. The number of benzene rings is 1. The monoisotopic (exact) mass is 394 g/mol. The molecule has 0 N–H and O–H groups in total. The van der Waals surface area contributed by atoms with Gasteiger partial charge in [-0.25, -0.2) is 4.79 Å². The van der Waals surface area contributed by atoms with Gasteiger partial charge in [-0.15, -0.1) is 0 Å². The van der Waals surface area contributed by atoms with Gasteiger partial charge in [0.15, 0.2) is 0 Å². The van der Waals surface area contributed by atoms with Gasteiger partial charge in [0.05, 0.1) is 6.61 Å². The van der Waals surface area contributed by atoms with Crippen molar-refractivity contribution in [3.05, 3.63) is 59.4 Å². The zero-order chi connectivity index (χ0) is 20.2. The van der Waals surface area contributed by atoms with Crippen LogP contribution in [0.5, 0.6) is 0 Å². The number of aromatic nitrogens is 1. The molecule has 0 bridgehead atoms. The molecule has 1 fully saturated rings. The Bertz CT molecular complexity index is 893. The smallest absolute Gasteiger partial charge is 0.409 e. The lowest BCUT2D eigenvalue weighted by Gasteiger charge is -2.35. The molecule has 0 radical (unpaired) electrons. The average molecular weight is 394 g/mol. The molecular weight excluding hydrogens is 368 g/mol. The number of rotatable bonds is 3. The second-order valence-electron chi connectivity index (χ2n) is 7.32. The number of anilines is 1. The minimum atomic E-state index is -0.261. The zero-order valence-corrected chi connectivity index (χ0v) is 16.7. The summed E-state index contributed by atoms with van der Waals surface area (Å²) >= 11 is 0. The molecule has 2 aromatic rings. The normalized spacial score (nSPS) is 16.4. The molecule has 29 heavy (non-hydrogen) atoms. The maximum atomic E-state index is 13.0. The third-order valence-corrected chi connectivity index (χ3v) is 5.55. The van der Waals surface area contributed by atoms with Gasteiger partial charge in [0.2, 0.25) is 0 Å². The van der Waals surface area contributed by atoms with Crippen molar-refractivity contribution in [3.63, 3.8) is 0 Å². The third kappa shape index (κ3) is 4.18. The number of carbonyl (C=O) groups excluding carboxylic acids is 2. The first kappa shape index (κ1) is 19.2. The highest BCUT2D eigenvalue weighted by Crippen LogP contribution is 2.22. The molecule has 0 spiro atoms. The van der Waals surface area contributed by atoms with Gasteiger partial charge in [-0.3, -0.25) is 9.78 Å². The highest BCUT2D eigenvalue weighted by Gasteiger charge is 2.25. The summed E-state index contributed by atoms with van der Waals surface area (Å²) in [7, 11) is 0. The Balaban J connectivity index is 1.42. The first-order valence-electron chi connectivity index (χ1n) is 10.1. The Morgan fingerprint density at radius 1 is 1.00 bits per heavy atom. The molecule has 1 saturated heterocycles. The van der Waals surface area contributed by atoms with E-state index in [1.807, 2.05) is 36.1 Å². The average Bonchev–Trinajstić information content (AvgIpc) is 2.78. The first-order chi connectivity index (χ1) is 14.2. The highest BCUT2D eigenvalue weighted by atomic mass is 16.6.